The van der Waals surface area contributed by atoms with Gasteiger partial charge < -0.3 is 39.8 Å². The minimum Gasteiger partial charge on any atom is -0.477 e. The predicted octanol–water partition coefficient (Wildman–Crippen LogP) is 2.46. The van der Waals surface area contributed by atoms with Gasteiger partial charge >= 0.3 is 11.9 Å². The maximum absolute atomic E-state index is 15.2. The van der Waals surface area contributed by atoms with Gasteiger partial charge in [0.25, 0.3) is 0 Å². The van der Waals surface area contributed by atoms with Gasteiger partial charge in [0.05, 0.1) is 16.3 Å². The number of nitrogens with one attached hydrogen (secondary N) is 2. The number of fused-ring (bicyclic) bond motifs is 2. The van der Waals surface area contributed by atoms with E-state index in [4.69, 9.17) is 10.2 Å². The number of anilines is 2. The molecule has 0 bridgehead atoms. The summed E-state index contributed by atoms with van der Waals surface area (Å²) < 4.78 is 47.2. The normalized spacial score (nSPS) is 16.6. The molecule has 2 aliphatic heterocycles. The van der Waals surface area contributed by atoms with Gasteiger partial charge in [-0.2, -0.15) is 0 Å². The van der Waals surface area contributed by atoms with Gasteiger partial charge in [0.15, 0.2) is 17.5 Å². The highest BCUT2D eigenvalue weighted by Gasteiger charge is 2.27. The fraction of sp³-hybridized carbons (Fsp3) is 0.406. The summed E-state index contributed by atoms with van der Waals surface area (Å²) >= 11 is 0. The standard InChI is InChI=1S/C17H19F2N3O3.C15H17FN4O3/c1-3-21-8-11(17(24)25)16(23)10-6-12(18)15(13(19)14(10)21)22-5-4-20-9(2)7-22;1-2-19-8-10(15(22)23)12(21)9-7-11(16)14(18-13(9)19)20-5-3-17-4-6-20/h6,8-9,20H,3-5,7H2,1-2H3,(H,24,25);7-8,17H,2-6H2,1H3,(H,22,23). The van der Waals surface area contributed by atoms with E-state index in [1.807, 2.05) is 18.7 Å². The first-order valence-corrected chi connectivity index (χ1v) is 15.6. The summed E-state index contributed by atoms with van der Waals surface area (Å²) in [4.78, 5) is 54.8. The zero-order valence-electron chi connectivity index (χ0n) is 26.6. The highest BCUT2D eigenvalue weighted by atomic mass is 19.1. The lowest BCUT2D eigenvalue weighted by molar-refractivity contribution is 0.0684. The number of aromatic carboxylic acids is 2. The molecule has 48 heavy (non-hydrogen) atoms. The first-order valence-electron chi connectivity index (χ1n) is 15.6. The Morgan fingerprint density at radius 3 is 2.00 bits per heavy atom. The van der Waals surface area contributed by atoms with Crippen LogP contribution in [0.1, 0.15) is 41.5 Å². The number of piperazine rings is 2. The van der Waals surface area contributed by atoms with Crippen LogP contribution < -0.4 is 31.3 Å². The molecule has 0 aliphatic carbocycles. The van der Waals surface area contributed by atoms with Gasteiger partial charge in [-0.1, -0.05) is 0 Å². The molecule has 2 aliphatic rings. The number of hydrogen-bond donors (Lipinski definition) is 4. The number of carboxylic acids is 2. The summed E-state index contributed by atoms with van der Waals surface area (Å²) in [7, 11) is 0. The zero-order chi connectivity index (χ0) is 34.9. The Balaban J connectivity index is 0.000000188. The lowest BCUT2D eigenvalue weighted by atomic mass is 10.1. The molecule has 2 fully saturated rings. The molecule has 2 saturated heterocycles. The average molecular weight is 672 g/mol. The highest BCUT2D eigenvalue weighted by Crippen LogP contribution is 2.31. The number of aryl methyl sites for hydroxylation is 2. The second-order valence-electron chi connectivity index (χ2n) is 11.5. The van der Waals surface area contributed by atoms with Gasteiger partial charge in [-0.25, -0.2) is 27.7 Å². The number of nitrogens with zero attached hydrogens (tertiary/aromatic N) is 5. The molecule has 1 aromatic carbocycles. The molecule has 1 atom stereocenters. The second kappa shape index (κ2) is 14.0. The smallest absolute Gasteiger partial charge is 0.341 e. The zero-order valence-corrected chi connectivity index (χ0v) is 26.6. The van der Waals surface area contributed by atoms with Gasteiger partial charge in [-0.05, 0) is 32.9 Å². The molecular formula is C32H36F3N7O6. The summed E-state index contributed by atoms with van der Waals surface area (Å²) in [5.41, 5.74) is -2.42. The van der Waals surface area contributed by atoms with Gasteiger partial charge in [0.2, 0.25) is 10.9 Å². The van der Waals surface area contributed by atoms with Gasteiger partial charge in [0, 0.05) is 77.3 Å². The fourth-order valence-electron chi connectivity index (χ4n) is 6.07. The van der Waals surface area contributed by atoms with Crippen molar-refractivity contribution in [2.45, 2.75) is 39.9 Å². The van der Waals surface area contributed by atoms with E-state index in [0.717, 1.165) is 31.4 Å². The third-order valence-electron chi connectivity index (χ3n) is 8.46. The summed E-state index contributed by atoms with van der Waals surface area (Å²) in [6.07, 6.45) is 2.37. The minimum absolute atomic E-state index is 0.0110. The number of carboxylic acid groups (broad SMARTS) is 2. The van der Waals surface area contributed by atoms with Crippen molar-refractivity contribution in [1.29, 1.82) is 0 Å². The van der Waals surface area contributed by atoms with E-state index >= 15 is 4.39 Å². The molecule has 0 spiro atoms. The van der Waals surface area contributed by atoms with Crippen molar-refractivity contribution in [1.82, 2.24) is 24.8 Å². The quantitative estimate of drug-likeness (QED) is 0.238. The highest BCUT2D eigenvalue weighted by molar-refractivity contribution is 5.94. The number of halogens is 3. The van der Waals surface area contributed by atoms with E-state index in [1.54, 1.807) is 16.4 Å². The Hall–Kier alpha value is -4.96. The maximum Gasteiger partial charge on any atom is 0.341 e. The molecule has 4 aromatic rings. The van der Waals surface area contributed by atoms with Crippen LogP contribution >= 0.6 is 0 Å². The first kappa shape index (κ1) is 34.4. The third-order valence-corrected chi connectivity index (χ3v) is 8.46. The molecule has 16 heteroatoms. The third kappa shape index (κ3) is 6.44. The summed E-state index contributed by atoms with van der Waals surface area (Å²) in [6.45, 7) is 10.3. The summed E-state index contributed by atoms with van der Waals surface area (Å²) in [5.74, 6) is -4.85. The van der Waals surface area contributed by atoms with Crippen molar-refractivity contribution in [3.05, 3.63) is 73.6 Å². The lowest BCUT2D eigenvalue weighted by Gasteiger charge is -2.34. The Morgan fingerprint density at radius 2 is 1.42 bits per heavy atom. The van der Waals surface area contributed by atoms with Crippen LogP contribution in [0.25, 0.3) is 21.9 Å². The van der Waals surface area contributed by atoms with E-state index in [0.29, 0.717) is 44.9 Å². The molecular weight excluding hydrogens is 635 g/mol. The second-order valence-corrected chi connectivity index (χ2v) is 11.5. The Labute approximate surface area is 272 Å². The lowest BCUT2D eigenvalue weighted by Crippen LogP contribution is -2.49. The molecule has 256 valence electrons. The number of benzene rings is 1. The number of aromatic nitrogens is 3. The van der Waals surface area contributed by atoms with Crippen LogP contribution in [-0.2, 0) is 13.1 Å². The molecule has 6 rings (SSSR count). The van der Waals surface area contributed by atoms with Crippen LogP contribution in [-0.4, -0.2) is 88.1 Å². The van der Waals surface area contributed by atoms with Gasteiger partial charge in [-0.3, -0.25) is 9.59 Å². The van der Waals surface area contributed by atoms with Crippen LogP contribution in [0.5, 0.6) is 0 Å². The molecule has 1 unspecified atom stereocenters. The van der Waals surface area contributed by atoms with Crippen LogP contribution in [0.3, 0.4) is 0 Å². The maximum atomic E-state index is 15.2. The molecule has 5 heterocycles. The molecule has 3 aromatic heterocycles. The van der Waals surface area contributed by atoms with E-state index in [2.05, 4.69) is 15.6 Å². The monoisotopic (exact) mass is 671 g/mol. The van der Waals surface area contributed by atoms with Crippen LogP contribution in [0.4, 0.5) is 24.7 Å². The number of hydrogen-bond acceptors (Lipinski definition) is 9. The Morgan fingerprint density at radius 1 is 0.854 bits per heavy atom. The minimum atomic E-state index is -1.42. The van der Waals surface area contributed by atoms with Crippen molar-refractivity contribution >= 4 is 45.4 Å². The molecule has 0 amide bonds. The van der Waals surface area contributed by atoms with Gasteiger partial charge in [0.1, 0.15) is 28.3 Å². The van der Waals surface area contributed by atoms with Crippen LogP contribution in [0.2, 0.25) is 0 Å². The van der Waals surface area contributed by atoms with E-state index in [9.17, 15) is 28.0 Å². The van der Waals surface area contributed by atoms with Crippen molar-refractivity contribution in [2.75, 3.05) is 55.6 Å². The van der Waals surface area contributed by atoms with Crippen LogP contribution in [0, 0.1) is 17.5 Å². The van der Waals surface area contributed by atoms with Crippen molar-refractivity contribution < 1.29 is 33.0 Å². The van der Waals surface area contributed by atoms with Crippen LogP contribution in [0.15, 0.2) is 34.1 Å². The van der Waals surface area contributed by atoms with E-state index in [-0.39, 0.29) is 45.9 Å². The molecule has 4 N–H and O–H groups in total. The topological polar surface area (TPSA) is 162 Å². The molecule has 0 saturated carbocycles. The number of pyridine rings is 3. The largest absolute Gasteiger partial charge is 0.477 e. The molecule has 0 radical (unpaired) electrons. The average Bonchev–Trinajstić information content (AvgIpc) is 3.06. The summed E-state index contributed by atoms with van der Waals surface area (Å²) in [5, 5.41) is 24.4. The fourth-order valence-corrected chi connectivity index (χ4v) is 6.07. The van der Waals surface area contributed by atoms with E-state index < -0.39 is 45.8 Å². The first-order chi connectivity index (χ1) is 22.9. The van der Waals surface area contributed by atoms with E-state index in [1.165, 1.54) is 10.8 Å². The van der Waals surface area contributed by atoms with Gasteiger partial charge in [-0.15, -0.1) is 0 Å². The SMILES string of the molecule is CCn1cc(C(=O)O)c(=O)c2cc(F)c(N3CCNC(C)C3)c(F)c21.CCn1cc(C(=O)O)c(=O)c2cc(F)c(N3CCNCC3)nc21. The molecule has 13 nitrogen and oxygen atoms in total. The number of rotatable bonds is 6. The number of carbonyl (C=O) groups is 2. The van der Waals surface area contributed by atoms with Crippen molar-refractivity contribution in [3.8, 4) is 0 Å². The Kier molecular flexibility index (Phi) is 10.0. The van der Waals surface area contributed by atoms with Crippen molar-refractivity contribution in [2.24, 2.45) is 0 Å². The summed E-state index contributed by atoms with van der Waals surface area (Å²) in [6, 6.07) is 2.12. The predicted molar refractivity (Wildman–Crippen MR) is 174 cm³/mol. The van der Waals surface area contributed by atoms with Crippen molar-refractivity contribution in [3.63, 3.8) is 0 Å². The Bertz CT molecular complexity index is 2030.